The minimum Gasteiger partial charge on any atom is -0.495 e. The highest BCUT2D eigenvalue weighted by Crippen LogP contribution is 2.30. The molecule has 0 aliphatic rings. The first-order chi connectivity index (χ1) is 9.56. The smallest absolute Gasteiger partial charge is 0.232 e. The van der Waals surface area contributed by atoms with E-state index in [2.05, 4.69) is 4.72 Å². The van der Waals surface area contributed by atoms with Crippen molar-refractivity contribution in [1.82, 2.24) is 0 Å². The molecule has 0 fully saturated rings. The van der Waals surface area contributed by atoms with Gasteiger partial charge < -0.3 is 10.5 Å². The number of anilines is 1. The summed E-state index contributed by atoms with van der Waals surface area (Å²) in [5, 5.41) is 0. The van der Waals surface area contributed by atoms with Crippen molar-refractivity contribution in [3.63, 3.8) is 0 Å². The molecule has 0 bridgehead atoms. The van der Waals surface area contributed by atoms with Crippen LogP contribution < -0.4 is 15.2 Å². The highest BCUT2D eigenvalue weighted by Gasteiger charge is 2.21. The van der Waals surface area contributed by atoms with E-state index in [4.69, 9.17) is 22.7 Å². The van der Waals surface area contributed by atoms with Crippen LogP contribution in [0.1, 0.15) is 32.8 Å². The highest BCUT2D eigenvalue weighted by molar-refractivity contribution is 7.92. The Labute approximate surface area is 131 Å². The Morgan fingerprint density at radius 2 is 2.00 bits per heavy atom. The normalized spacial score (nSPS) is 12.0. The third kappa shape index (κ3) is 5.51. The fourth-order valence-electron chi connectivity index (χ4n) is 1.66. The quantitative estimate of drug-likeness (QED) is 0.783. The molecular formula is C14H22N2O3S2. The van der Waals surface area contributed by atoms with Gasteiger partial charge in [0.05, 0.1) is 12.9 Å². The van der Waals surface area contributed by atoms with Gasteiger partial charge in [0, 0.05) is 5.56 Å². The second-order valence-electron chi connectivity index (χ2n) is 5.98. The maximum Gasteiger partial charge on any atom is 0.232 e. The minimum absolute atomic E-state index is 0.0192. The summed E-state index contributed by atoms with van der Waals surface area (Å²) in [5.74, 6) is 0.408. The molecule has 0 aromatic heterocycles. The van der Waals surface area contributed by atoms with Gasteiger partial charge in [-0.3, -0.25) is 4.72 Å². The van der Waals surface area contributed by atoms with Gasteiger partial charge in [0.1, 0.15) is 16.4 Å². The van der Waals surface area contributed by atoms with Crippen molar-refractivity contribution in [2.75, 3.05) is 17.6 Å². The lowest BCUT2D eigenvalue weighted by Crippen LogP contribution is -2.23. The number of sulfonamides is 1. The van der Waals surface area contributed by atoms with Gasteiger partial charge in [-0.05, 0) is 24.0 Å². The summed E-state index contributed by atoms with van der Waals surface area (Å²) in [5.41, 5.74) is 6.31. The number of ether oxygens (including phenoxy) is 1. The zero-order chi connectivity index (χ0) is 16.3. The van der Waals surface area contributed by atoms with E-state index in [1.54, 1.807) is 18.2 Å². The van der Waals surface area contributed by atoms with Gasteiger partial charge in [0.25, 0.3) is 0 Å². The molecule has 0 atom stereocenters. The van der Waals surface area contributed by atoms with Crippen LogP contribution in [0, 0.1) is 5.41 Å². The van der Waals surface area contributed by atoms with Crippen LogP contribution in [0.4, 0.5) is 5.69 Å². The fraction of sp³-hybridized carbons (Fsp3) is 0.500. The molecule has 5 nitrogen and oxygen atoms in total. The number of rotatable bonds is 6. The van der Waals surface area contributed by atoms with Crippen LogP contribution in [-0.4, -0.2) is 26.3 Å². The molecule has 0 saturated heterocycles. The van der Waals surface area contributed by atoms with Crippen LogP contribution in [0.15, 0.2) is 18.2 Å². The Kier molecular flexibility index (Phi) is 5.58. The molecule has 7 heteroatoms. The number of methoxy groups -OCH3 is 1. The topological polar surface area (TPSA) is 81.4 Å². The SMILES string of the molecule is COc1cccc(C(N)=S)c1NS(=O)(=O)CCC(C)(C)C. The molecule has 0 radical (unpaired) electrons. The average Bonchev–Trinajstić information content (AvgIpc) is 2.35. The molecule has 0 saturated carbocycles. The van der Waals surface area contributed by atoms with Crippen molar-refractivity contribution < 1.29 is 13.2 Å². The zero-order valence-electron chi connectivity index (χ0n) is 12.8. The van der Waals surface area contributed by atoms with Crippen LogP contribution in [-0.2, 0) is 10.0 Å². The maximum absolute atomic E-state index is 12.2. The first kappa shape index (κ1) is 17.7. The molecule has 0 amide bonds. The van der Waals surface area contributed by atoms with E-state index in [1.165, 1.54) is 7.11 Å². The van der Waals surface area contributed by atoms with Crippen molar-refractivity contribution in [1.29, 1.82) is 0 Å². The van der Waals surface area contributed by atoms with Gasteiger partial charge in [-0.2, -0.15) is 0 Å². The Morgan fingerprint density at radius 1 is 1.38 bits per heavy atom. The summed E-state index contributed by atoms with van der Waals surface area (Å²) >= 11 is 4.96. The minimum atomic E-state index is -3.50. The second kappa shape index (κ2) is 6.62. The standard InChI is InChI=1S/C14H22N2O3S2/c1-14(2,3)8-9-21(17,18)16-12-10(13(15)20)6-5-7-11(12)19-4/h5-7,16H,8-9H2,1-4H3,(H2,15,20). The summed E-state index contributed by atoms with van der Waals surface area (Å²) in [6.07, 6.45) is 0.542. The summed E-state index contributed by atoms with van der Waals surface area (Å²) in [7, 11) is -2.04. The van der Waals surface area contributed by atoms with E-state index in [0.29, 0.717) is 23.4 Å². The van der Waals surface area contributed by atoms with Crippen LogP contribution >= 0.6 is 12.2 Å². The summed E-state index contributed by atoms with van der Waals surface area (Å²) in [6.45, 7) is 5.98. The van der Waals surface area contributed by atoms with E-state index >= 15 is 0 Å². The molecule has 3 N–H and O–H groups in total. The Bertz CT molecular complexity index is 620. The molecule has 118 valence electrons. The van der Waals surface area contributed by atoms with Crippen molar-refractivity contribution >= 4 is 32.9 Å². The van der Waals surface area contributed by atoms with Crippen molar-refractivity contribution in [2.24, 2.45) is 11.1 Å². The molecule has 0 heterocycles. The summed E-state index contributed by atoms with van der Waals surface area (Å²) in [6, 6.07) is 5.02. The Balaban J connectivity index is 3.09. The molecule has 1 aromatic rings. The Hall–Kier alpha value is -1.34. The van der Waals surface area contributed by atoms with Gasteiger partial charge >= 0.3 is 0 Å². The maximum atomic E-state index is 12.2. The third-order valence-electron chi connectivity index (χ3n) is 2.89. The average molecular weight is 330 g/mol. The van der Waals surface area contributed by atoms with E-state index < -0.39 is 10.0 Å². The van der Waals surface area contributed by atoms with Gasteiger partial charge in [0.2, 0.25) is 10.0 Å². The van der Waals surface area contributed by atoms with Gasteiger partial charge in [-0.1, -0.05) is 39.1 Å². The first-order valence-electron chi connectivity index (χ1n) is 6.53. The number of hydrogen-bond acceptors (Lipinski definition) is 4. The van der Waals surface area contributed by atoms with Crippen molar-refractivity contribution in [3.05, 3.63) is 23.8 Å². The van der Waals surface area contributed by atoms with E-state index in [9.17, 15) is 8.42 Å². The molecule has 0 spiro atoms. The van der Waals surface area contributed by atoms with Crippen molar-refractivity contribution in [3.8, 4) is 5.75 Å². The number of para-hydroxylation sites is 1. The number of benzene rings is 1. The van der Waals surface area contributed by atoms with Crippen LogP contribution in [0.25, 0.3) is 0 Å². The number of nitrogens with two attached hydrogens (primary N) is 1. The van der Waals surface area contributed by atoms with Crippen LogP contribution in [0.3, 0.4) is 0 Å². The van der Waals surface area contributed by atoms with Crippen molar-refractivity contribution in [2.45, 2.75) is 27.2 Å². The predicted molar refractivity (Wildman–Crippen MR) is 90.4 cm³/mol. The molecule has 0 aliphatic heterocycles. The van der Waals surface area contributed by atoms with Gasteiger partial charge in [-0.15, -0.1) is 0 Å². The molecular weight excluding hydrogens is 308 g/mol. The summed E-state index contributed by atoms with van der Waals surface area (Å²) in [4.78, 5) is 0.113. The van der Waals surface area contributed by atoms with Crippen LogP contribution in [0.2, 0.25) is 0 Å². The molecule has 0 unspecified atom stereocenters. The largest absolute Gasteiger partial charge is 0.495 e. The Morgan fingerprint density at radius 3 is 2.48 bits per heavy atom. The molecule has 21 heavy (non-hydrogen) atoms. The monoisotopic (exact) mass is 330 g/mol. The van der Waals surface area contributed by atoms with E-state index in [0.717, 1.165) is 0 Å². The fourth-order valence-corrected chi connectivity index (χ4v) is 3.33. The van der Waals surface area contributed by atoms with Gasteiger partial charge in [-0.25, -0.2) is 8.42 Å². The molecule has 1 rings (SSSR count). The second-order valence-corrected chi connectivity index (χ2v) is 8.26. The number of thiocarbonyl (C=S) groups is 1. The molecule has 1 aromatic carbocycles. The van der Waals surface area contributed by atoms with E-state index in [1.807, 2.05) is 20.8 Å². The number of nitrogens with one attached hydrogen (secondary N) is 1. The number of hydrogen-bond donors (Lipinski definition) is 2. The lowest BCUT2D eigenvalue weighted by molar-refractivity contribution is 0.397. The molecule has 0 aliphatic carbocycles. The van der Waals surface area contributed by atoms with Gasteiger partial charge in [0.15, 0.2) is 0 Å². The predicted octanol–water partition coefficient (Wildman–Crippen LogP) is 2.51. The third-order valence-corrected chi connectivity index (χ3v) is 4.37. The lowest BCUT2D eigenvalue weighted by Gasteiger charge is -2.19. The lowest BCUT2D eigenvalue weighted by atomic mass is 9.94. The first-order valence-corrected chi connectivity index (χ1v) is 8.59. The summed E-state index contributed by atoms with van der Waals surface area (Å²) < 4.78 is 32.2. The highest BCUT2D eigenvalue weighted by atomic mass is 32.2. The van der Waals surface area contributed by atoms with Crippen LogP contribution in [0.5, 0.6) is 5.75 Å². The zero-order valence-corrected chi connectivity index (χ0v) is 14.4. The van der Waals surface area contributed by atoms with E-state index in [-0.39, 0.29) is 16.2 Å².